The van der Waals surface area contributed by atoms with E-state index in [9.17, 15) is 4.79 Å². The van der Waals surface area contributed by atoms with E-state index in [0.29, 0.717) is 12.3 Å². The van der Waals surface area contributed by atoms with E-state index in [-0.39, 0.29) is 22.6 Å². The largest absolute Gasteiger partial charge is 0.337 e. The van der Waals surface area contributed by atoms with E-state index in [4.69, 9.17) is 10.5 Å². The average molecular weight is 282 g/mol. The van der Waals surface area contributed by atoms with Crippen molar-refractivity contribution in [3.05, 3.63) is 11.1 Å². The van der Waals surface area contributed by atoms with Gasteiger partial charge in [0.25, 0.3) is 0 Å². The minimum atomic E-state index is -0.282. The highest BCUT2D eigenvalue weighted by Crippen LogP contribution is 2.59. The molecule has 1 aliphatic carbocycles. The number of allylic oxidation sites excluding steroid dienone is 1. The normalized spacial score (nSPS) is 40.7. The molecule has 5 heteroatoms. The predicted molar refractivity (Wildman–Crippen MR) is 74.6 cm³/mol. The highest BCUT2D eigenvalue weighted by molar-refractivity contribution is 5.90. The summed E-state index contributed by atoms with van der Waals surface area (Å²) < 4.78 is 0. The standard InChI is InChI=1S/C16H18N4O/c1-19-14(21)15-3-2-4-20(15)10-16(19)6-11(5-13(16)7-15)12(8-17)9-18/h13H,2-7,10H2,1H3/t13-,15+,16-/m0/s1. The first-order valence-electron chi connectivity index (χ1n) is 7.63. The molecule has 21 heavy (non-hydrogen) atoms. The molecule has 108 valence electrons. The fourth-order valence-corrected chi connectivity index (χ4v) is 5.37. The fourth-order valence-electron chi connectivity index (χ4n) is 5.37. The number of carbonyl (C=O) groups is 1. The number of piperazine rings is 1. The third-order valence-electron chi connectivity index (χ3n) is 6.39. The molecule has 0 radical (unpaired) electrons. The average Bonchev–Trinajstić information content (AvgIpc) is 3.04. The summed E-state index contributed by atoms with van der Waals surface area (Å²) in [6, 6.07) is 4.07. The molecule has 4 saturated heterocycles. The molecule has 2 bridgehead atoms. The zero-order chi connectivity index (χ0) is 14.8. The summed E-state index contributed by atoms with van der Waals surface area (Å²) in [5.74, 6) is 0.667. The number of hydrogen-bond acceptors (Lipinski definition) is 4. The molecular formula is C16H18N4O. The van der Waals surface area contributed by atoms with Gasteiger partial charge in [-0.3, -0.25) is 9.69 Å². The van der Waals surface area contributed by atoms with Gasteiger partial charge in [-0.05, 0) is 50.1 Å². The van der Waals surface area contributed by atoms with Gasteiger partial charge >= 0.3 is 0 Å². The van der Waals surface area contributed by atoms with Gasteiger partial charge in [0.1, 0.15) is 23.3 Å². The van der Waals surface area contributed by atoms with Crippen molar-refractivity contribution in [2.24, 2.45) is 5.92 Å². The second kappa shape index (κ2) is 3.87. The Morgan fingerprint density at radius 2 is 2.14 bits per heavy atom. The number of hydrogen-bond donors (Lipinski definition) is 0. The summed E-state index contributed by atoms with van der Waals surface area (Å²) in [7, 11) is 1.92. The summed E-state index contributed by atoms with van der Waals surface area (Å²) in [6.07, 6.45) is 4.48. The van der Waals surface area contributed by atoms with E-state index < -0.39 is 0 Å². The fraction of sp³-hybridized carbons (Fsp3) is 0.688. The summed E-state index contributed by atoms with van der Waals surface area (Å²) in [6.45, 7) is 1.92. The number of rotatable bonds is 0. The molecule has 1 saturated carbocycles. The molecule has 4 aliphatic heterocycles. The molecule has 3 atom stereocenters. The van der Waals surface area contributed by atoms with Crippen LogP contribution in [0.4, 0.5) is 0 Å². The van der Waals surface area contributed by atoms with Crippen LogP contribution in [0, 0.1) is 28.6 Å². The van der Waals surface area contributed by atoms with Gasteiger partial charge in [-0.2, -0.15) is 10.5 Å². The molecule has 4 heterocycles. The minimum Gasteiger partial charge on any atom is -0.337 e. The Labute approximate surface area is 124 Å². The Morgan fingerprint density at radius 1 is 1.38 bits per heavy atom. The number of nitriles is 2. The summed E-state index contributed by atoms with van der Waals surface area (Å²) in [4.78, 5) is 17.2. The maximum absolute atomic E-state index is 12.9. The van der Waals surface area contributed by atoms with Gasteiger partial charge < -0.3 is 4.90 Å². The molecule has 5 aliphatic rings. The molecule has 2 spiro atoms. The Kier molecular flexibility index (Phi) is 2.37. The molecule has 1 amide bonds. The van der Waals surface area contributed by atoms with Gasteiger partial charge in [-0.25, -0.2) is 0 Å². The van der Waals surface area contributed by atoms with Gasteiger partial charge in [0.05, 0.1) is 5.54 Å². The molecule has 5 fully saturated rings. The molecule has 0 unspecified atom stereocenters. The Hall–Kier alpha value is -1.85. The van der Waals surface area contributed by atoms with Crippen LogP contribution in [0.3, 0.4) is 0 Å². The van der Waals surface area contributed by atoms with E-state index in [1.165, 1.54) is 0 Å². The maximum Gasteiger partial charge on any atom is 0.243 e. The number of fused-ring (bicyclic) bond motifs is 1. The van der Waals surface area contributed by atoms with Crippen LogP contribution in [0.15, 0.2) is 11.1 Å². The predicted octanol–water partition coefficient (Wildman–Crippen LogP) is 1.19. The molecule has 5 rings (SSSR count). The molecule has 0 aromatic carbocycles. The van der Waals surface area contributed by atoms with Crippen LogP contribution in [0.25, 0.3) is 0 Å². The molecule has 0 aromatic rings. The number of likely N-dealkylation sites (N-methyl/N-ethyl adjacent to an activating group) is 1. The topological polar surface area (TPSA) is 71.1 Å². The first kappa shape index (κ1) is 12.9. The summed E-state index contributed by atoms with van der Waals surface area (Å²) in [5.41, 5.74) is 0.761. The van der Waals surface area contributed by atoms with Crippen LogP contribution < -0.4 is 0 Å². The Morgan fingerprint density at radius 3 is 2.86 bits per heavy atom. The lowest BCUT2D eigenvalue weighted by molar-refractivity contribution is -0.179. The van der Waals surface area contributed by atoms with E-state index in [2.05, 4.69) is 4.90 Å². The van der Waals surface area contributed by atoms with Crippen molar-refractivity contribution in [2.45, 2.75) is 43.2 Å². The lowest BCUT2D eigenvalue weighted by atomic mass is 9.66. The highest BCUT2D eigenvalue weighted by atomic mass is 16.2. The van der Waals surface area contributed by atoms with E-state index in [1.54, 1.807) is 0 Å². The van der Waals surface area contributed by atoms with Crippen molar-refractivity contribution in [1.82, 2.24) is 9.80 Å². The van der Waals surface area contributed by atoms with Crippen molar-refractivity contribution >= 4 is 5.91 Å². The van der Waals surface area contributed by atoms with E-state index >= 15 is 0 Å². The Balaban J connectivity index is 1.82. The lowest BCUT2D eigenvalue weighted by Gasteiger charge is -2.62. The molecule has 0 N–H and O–H groups in total. The van der Waals surface area contributed by atoms with Crippen molar-refractivity contribution < 1.29 is 4.79 Å². The number of nitrogens with zero attached hydrogens (tertiary/aromatic N) is 4. The Bertz CT molecular complexity index is 638. The van der Waals surface area contributed by atoms with Crippen LogP contribution in [0.2, 0.25) is 0 Å². The summed E-state index contributed by atoms with van der Waals surface area (Å²) in [5, 5.41) is 18.3. The third-order valence-corrected chi connectivity index (χ3v) is 6.39. The van der Waals surface area contributed by atoms with Crippen LogP contribution in [0.1, 0.15) is 32.1 Å². The van der Waals surface area contributed by atoms with E-state index in [0.717, 1.165) is 44.3 Å². The van der Waals surface area contributed by atoms with Crippen LogP contribution >= 0.6 is 0 Å². The monoisotopic (exact) mass is 282 g/mol. The zero-order valence-corrected chi connectivity index (χ0v) is 12.2. The first-order chi connectivity index (χ1) is 10.1. The highest BCUT2D eigenvalue weighted by Gasteiger charge is 2.68. The maximum atomic E-state index is 12.9. The van der Waals surface area contributed by atoms with Crippen LogP contribution in [0.5, 0.6) is 0 Å². The van der Waals surface area contributed by atoms with Gasteiger partial charge in [0.15, 0.2) is 0 Å². The third kappa shape index (κ3) is 1.31. The van der Waals surface area contributed by atoms with Crippen molar-refractivity contribution in [3.8, 4) is 12.1 Å². The van der Waals surface area contributed by atoms with Crippen molar-refractivity contribution in [3.63, 3.8) is 0 Å². The van der Waals surface area contributed by atoms with Gasteiger partial charge in [-0.15, -0.1) is 0 Å². The summed E-state index contributed by atoms with van der Waals surface area (Å²) >= 11 is 0. The molecule has 5 nitrogen and oxygen atoms in total. The van der Waals surface area contributed by atoms with Crippen molar-refractivity contribution in [2.75, 3.05) is 20.1 Å². The number of piperidine rings is 2. The van der Waals surface area contributed by atoms with Crippen molar-refractivity contribution in [1.29, 1.82) is 10.5 Å². The lowest BCUT2D eigenvalue weighted by Crippen LogP contribution is -2.77. The first-order valence-corrected chi connectivity index (χ1v) is 7.63. The molecular weight excluding hydrogens is 264 g/mol. The number of carbonyl (C=O) groups excluding carboxylic acids is 1. The van der Waals surface area contributed by atoms with Crippen LogP contribution in [-0.4, -0.2) is 46.9 Å². The van der Waals surface area contributed by atoms with Gasteiger partial charge in [-0.1, -0.05) is 0 Å². The quantitative estimate of drug-likeness (QED) is 0.626. The van der Waals surface area contributed by atoms with E-state index in [1.807, 2.05) is 24.1 Å². The van der Waals surface area contributed by atoms with Gasteiger partial charge in [0, 0.05) is 13.6 Å². The second-order valence-corrected chi connectivity index (χ2v) is 7.01. The number of amides is 1. The second-order valence-electron chi connectivity index (χ2n) is 7.01. The molecule has 0 aromatic heterocycles. The SMILES string of the molecule is CN1C(=O)[C@]23CCCN2C[C@]12CC(=C(C#N)C#N)C[C@H]2C3. The van der Waals surface area contributed by atoms with Crippen LogP contribution in [-0.2, 0) is 4.79 Å². The smallest absolute Gasteiger partial charge is 0.243 e. The van der Waals surface area contributed by atoms with Gasteiger partial charge in [0.2, 0.25) is 5.91 Å². The zero-order valence-electron chi connectivity index (χ0n) is 12.2. The minimum absolute atomic E-state index is 0.183.